The molecule has 0 amide bonds. The Balaban J connectivity index is 3.06. The van der Waals surface area contributed by atoms with E-state index in [0.717, 1.165) is 31.6 Å². The molecule has 118 valence electrons. The normalized spacial score (nSPS) is 11.2. The van der Waals surface area contributed by atoms with Crippen LogP contribution >= 0.6 is 0 Å². The number of hydrogen-bond acceptors (Lipinski definition) is 2. The first kappa shape index (κ1) is 17.5. The molecule has 0 unspecified atom stereocenters. The third-order valence-corrected chi connectivity index (χ3v) is 3.55. The van der Waals surface area contributed by atoms with Gasteiger partial charge < -0.3 is 10.6 Å². The van der Waals surface area contributed by atoms with E-state index in [1.54, 1.807) is 6.07 Å². The summed E-state index contributed by atoms with van der Waals surface area (Å²) in [7, 11) is 0. The summed E-state index contributed by atoms with van der Waals surface area (Å²) in [4.78, 5) is 2.17. The zero-order valence-corrected chi connectivity index (χ0v) is 13.6. The van der Waals surface area contributed by atoms with Crippen LogP contribution in [0.15, 0.2) is 18.2 Å². The van der Waals surface area contributed by atoms with Gasteiger partial charge in [-0.25, -0.2) is 4.39 Å². The van der Waals surface area contributed by atoms with Gasteiger partial charge in [0.1, 0.15) is 11.7 Å². The number of benzene rings is 1. The molecular weight excluding hydrogens is 265 g/mol. The van der Waals surface area contributed by atoms with Crippen LogP contribution < -0.4 is 10.6 Å². The molecule has 21 heavy (non-hydrogen) atoms. The molecule has 0 saturated carbocycles. The summed E-state index contributed by atoms with van der Waals surface area (Å²) >= 11 is 0. The van der Waals surface area contributed by atoms with Crippen molar-refractivity contribution in [3.63, 3.8) is 0 Å². The zero-order valence-electron chi connectivity index (χ0n) is 13.6. The standard InChI is InChI=1S/C17H28FN3/c1-12(2)8-10-21(11-9-13(3)4)15-7-5-6-14(18)16(15)17(19)20/h5-7,12-13H,8-11H2,1-4H3,(H3,19,20). The summed E-state index contributed by atoms with van der Waals surface area (Å²) in [6, 6.07) is 4.92. The Morgan fingerprint density at radius 2 is 1.67 bits per heavy atom. The minimum Gasteiger partial charge on any atom is -0.384 e. The fraction of sp³-hybridized carbons (Fsp3) is 0.588. The number of nitrogens with two attached hydrogens (primary N) is 1. The highest BCUT2D eigenvalue weighted by Crippen LogP contribution is 2.24. The smallest absolute Gasteiger partial charge is 0.136 e. The van der Waals surface area contributed by atoms with Gasteiger partial charge in [0, 0.05) is 13.1 Å². The maximum Gasteiger partial charge on any atom is 0.136 e. The summed E-state index contributed by atoms with van der Waals surface area (Å²) in [5, 5.41) is 7.65. The van der Waals surface area contributed by atoms with Gasteiger partial charge in [-0.2, -0.15) is 0 Å². The van der Waals surface area contributed by atoms with Gasteiger partial charge in [-0.3, -0.25) is 5.41 Å². The Morgan fingerprint density at radius 3 is 2.10 bits per heavy atom. The van der Waals surface area contributed by atoms with Crippen LogP contribution in [-0.2, 0) is 0 Å². The van der Waals surface area contributed by atoms with Crippen molar-refractivity contribution >= 4 is 11.5 Å². The molecule has 3 nitrogen and oxygen atoms in total. The van der Waals surface area contributed by atoms with Crippen LogP contribution in [-0.4, -0.2) is 18.9 Å². The van der Waals surface area contributed by atoms with Crippen LogP contribution in [0.5, 0.6) is 0 Å². The second-order valence-electron chi connectivity index (χ2n) is 6.40. The van der Waals surface area contributed by atoms with Crippen molar-refractivity contribution < 1.29 is 4.39 Å². The van der Waals surface area contributed by atoms with E-state index in [1.807, 2.05) is 6.07 Å². The fourth-order valence-electron chi connectivity index (χ4n) is 2.22. The number of amidine groups is 1. The first-order valence-electron chi connectivity index (χ1n) is 7.70. The molecule has 3 N–H and O–H groups in total. The second-order valence-corrected chi connectivity index (χ2v) is 6.40. The molecule has 1 aromatic carbocycles. The van der Waals surface area contributed by atoms with E-state index >= 15 is 0 Å². The summed E-state index contributed by atoms with van der Waals surface area (Å²) in [6.07, 6.45) is 2.07. The largest absolute Gasteiger partial charge is 0.384 e. The molecule has 0 radical (unpaired) electrons. The lowest BCUT2D eigenvalue weighted by molar-refractivity contribution is 0.534. The summed E-state index contributed by atoms with van der Waals surface area (Å²) < 4.78 is 14.0. The second kappa shape index (κ2) is 8.01. The van der Waals surface area contributed by atoms with Gasteiger partial charge in [-0.15, -0.1) is 0 Å². The Morgan fingerprint density at radius 1 is 1.14 bits per heavy atom. The number of anilines is 1. The van der Waals surface area contributed by atoms with Crippen molar-refractivity contribution in [2.24, 2.45) is 17.6 Å². The molecule has 0 aliphatic carbocycles. The third-order valence-electron chi connectivity index (χ3n) is 3.55. The van der Waals surface area contributed by atoms with Crippen LogP contribution in [0.25, 0.3) is 0 Å². The number of hydrogen-bond donors (Lipinski definition) is 2. The van der Waals surface area contributed by atoms with E-state index in [-0.39, 0.29) is 11.4 Å². The topological polar surface area (TPSA) is 53.1 Å². The van der Waals surface area contributed by atoms with Crippen LogP contribution in [0.4, 0.5) is 10.1 Å². The lowest BCUT2D eigenvalue weighted by Gasteiger charge is -2.28. The number of nitrogens with one attached hydrogen (secondary N) is 1. The van der Waals surface area contributed by atoms with E-state index in [2.05, 4.69) is 32.6 Å². The van der Waals surface area contributed by atoms with Crippen LogP contribution in [0.3, 0.4) is 0 Å². The molecule has 0 aliphatic rings. The van der Waals surface area contributed by atoms with Crippen LogP contribution in [0, 0.1) is 23.1 Å². The quantitative estimate of drug-likeness (QED) is 0.562. The maximum absolute atomic E-state index is 14.0. The molecule has 0 atom stereocenters. The molecule has 0 aliphatic heterocycles. The molecular formula is C17H28FN3. The van der Waals surface area contributed by atoms with E-state index in [1.165, 1.54) is 6.07 Å². The van der Waals surface area contributed by atoms with Crippen molar-refractivity contribution in [2.45, 2.75) is 40.5 Å². The van der Waals surface area contributed by atoms with Crippen molar-refractivity contribution in [1.82, 2.24) is 0 Å². The van der Waals surface area contributed by atoms with Gasteiger partial charge in [0.2, 0.25) is 0 Å². The first-order valence-corrected chi connectivity index (χ1v) is 7.70. The number of nitrogens with zero attached hydrogens (tertiary/aromatic N) is 1. The molecule has 0 saturated heterocycles. The molecule has 0 bridgehead atoms. The van der Waals surface area contributed by atoms with Gasteiger partial charge >= 0.3 is 0 Å². The van der Waals surface area contributed by atoms with Gasteiger partial charge in [-0.1, -0.05) is 33.8 Å². The first-order chi connectivity index (χ1) is 9.82. The Labute approximate surface area is 127 Å². The van der Waals surface area contributed by atoms with Gasteiger partial charge in [0.25, 0.3) is 0 Å². The lowest BCUT2D eigenvalue weighted by Crippen LogP contribution is -2.30. The predicted octanol–water partition coefficient (Wildman–Crippen LogP) is 4.01. The minimum absolute atomic E-state index is 0.206. The van der Waals surface area contributed by atoms with Crippen molar-refractivity contribution in [2.75, 3.05) is 18.0 Å². The molecule has 1 rings (SSSR count). The maximum atomic E-state index is 14.0. The molecule has 0 spiro atoms. The molecule has 4 heteroatoms. The van der Waals surface area contributed by atoms with E-state index in [9.17, 15) is 4.39 Å². The summed E-state index contributed by atoms with van der Waals surface area (Å²) in [6.45, 7) is 10.4. The monoisotopic (exact) mass is 293 g/mol. The van der Waals surface area contributed by atoms with E-state index < -0.39 is 5.82 Å². The number of halogens is 1. The van der Waals surface area contributed by atoms with Crippen molar-refractivity contribution in [1.29, 1.82) is 5.41 Å². The average Bonchev–Trinajstić information content (AvgIpc) is 2.37. The van der Waals surface area contributed by atoms with Crippen molar-refractivity contribution in [3.05, 3.63) is 29.6 Å². The number of nitrogen functional groups attached to an aromatic ring is 1. The lowest BCUT2D eigenvalue weighted by atomic mass is 10.1. The van der Waals surface area contributed by atoms with Gasteiger partial charge in [0.15, 0.2) is 0 Å². The minimum atomic E-state index is -0.418. The molecule has 0 fully saturated rings. The van der Waals surface area contributed by atoms with E-state index in [4.69, 9.17) is 11.1 Å². The Hall–Kier alpha value is -1.58. The summed E-state index contributed by atoms with van der Waals surface area (Å²) in [5.41, 5.74) is 6.55. The predicted molar refractivity (Wildman–Crippen MR) is 88.5 cm³/mol. The zero-order chi connectivity index (χ0) is 16.0. The molecule has 1 aromatic rings. The Kier molecular flexibility index (Phi) is 6.66. The van der Waals surface area contributed by atoms with Gasteiger partial charge in [0.05, 0.1) is 11.3 Å². The molecule has 0 aromatic heterocycles. The fourth-order valence-corrected chi connectivity index (χ4v) is 2.22. The highest BCUT2D eigenvalue weighted by molar-refractivity contribution is 6.00. The third kappa shape index (κ3) is 5.37. The summed E-state index contributed by atoms with van der Waals surface area (Å²) in [5.74, 6) is 0.545. The van der Waals surface area contributed by atoms with Crippen LogP contribution in [0.1, 0.15) is 46.1 Å². The van der Waals surface area contributed by atoms with E-state index in [0.29, 0.717) is 11.8 Å². The SMILES string of the molecule is CC(C)CCN(CCC(C)C)c1cccc(F)c1C(=N)N. The Bertz CT molecular complexity index is 457. The van der Waals surface area contributed by atoms with Crippen molar-refractivity contribution in [3.8, 4) is 0 Å². The average molecular weight is 293 g/mol. The van der Waals surface area contributed by atoms with Crippen LogP contribution in [0.2, 0.25) is 0 Å². The number of rotatable bonds is 8. The highest BCUT2D eigenvalue weighted by Gasteiger charge is 2.17. The van der Waals surface area contributed by atoms with Gasteiger partial charge in [-0.05, 0) is 36.8 Å². The molecule has 0 heterocycles. The highest BCUT2D eigenvalue weighted by atomic mass is 19.1.